The number of nitrogens with one attached hydrogen (secondary N) is 1. The van der Waals surface area contributed by atoms with Gasteiger partial charge in [0.2, 0.25) is 11.8 Å². The number of benzene rings is 2. The molecule has 5 heteroatoms. The molecule has 0 spiro atoms. The standard InChI is InChI=1S/C26H36N2O3/c1-5-24(26(30)27-20(2)3)28(18-17-22-10-7-6-8-11-22)25(29)12-9-19-31-23-15-13-21(4)14-16-23/h6-8,10-11,13-16,20,24H,5,9,12,17-19H2,1-4H3,(H,27,30)/t24-/m0/s1. The van der Waals surface area contributed by atoms with Crippen molar-refractivity contribution >= 4 is 11.8 Å². The van der Waals surface area contributed by atoms with Gasteiger partial charge in [0.25, 0.3) is 0 Å². The molecular weight excluding hydrogens is 388 g/mol. The van der Waals surface area contributed by atoms with Crippen LogP contribution in [0.2, 0.25) is 0 Å². The van der Waals surface area contributed by atoms with Crippen molar-refractivity contribution < 1.29 is 14.3 Å². The third-order valence-electron chi connectivity index (χ3n) is 5.13. The van der Waals surface area contributed by atoms with E-state index < -0.39 is 6.04 Å². The Labute approximate surface area is 186 Å². The molecule has 31 heavy (non-hydrogen) atoms. The highest BCUT2D eigenvalue weighted by atomic mass is 16.5. The molecule has 0 radical (unpaired) electrons. The van der Waals surface area contributed by atoms with E-state index in [0.29, 0.717) is 32.4 Å². The second kappa shape index (κ2) is 12.8. The third-order valence-corrected chi connectivity index (χ3v) is 5.13. The van der Waals surface area contributed by atoms with Crippen LogP contribution < -0.4 is 10.1 Å². The normalized spacial score (nSPS) is 11.8. The van der Waals surface area contributed by atoms with Gasteiger partial charge in [0.05, 0.1) is 6.61 Å². The highest BCUT2D eigenvalue weighted by molar-refractivity contribution is 5.87. The van der Waals surface area contributed by atoms with Crippen molar-refractivity contribution in [2.24, 2.45) is 0 Å². The van der Waals surface area contributed by atoms with Crippen molar-refractivity contribution in [3.63, 3.8) is 0 Å². The Morgan fingerprint density at radius 2 is 1.71 bits per heavy atom. The predicted octanol–water partition coefficient (Wildman–Crippen LogP) is 4.53. The summed E-state index contributed by atoms with van der Waals surface area (Å²) >= 11 is 0. The molecule has 2 aromatic carbocycles. The van der Waals surface area contributed by atoms with Gasteiger partial charge in [-0.1, -0.05) is 55.0 Å². The first kappa shape index (κ1) is 24.4. The molecular formula is C26H36N2O3. The lowest BCUT2D eigenvalue weighted by atomic mass is 10.1. The van der Waals surface area contributed by atoms with E-state index in [0.717, 1.165) is 17.7 Å². The minimum Gasteiger partial charge on any atom is -0.494 e. The number of hydrogen-bond donors (Lipinski definition) is 1. The zero-order valence-electron chi connectivity index (χ0n) is 19.3. The molecule has 1 N–H and O–H groups in total. The van der Waals surface area contributed by atoms with E-state index >= 15 is 0 Å². The summed E-state index contributed by atoms with van der Waals surface area (Å²) in [7, 11) is 0. The summed E-state index contributed by atoms with van der Waals surface area (Å²) in [5.74, 6) is 0.714. The molecule has 0 saturated carbocycles. The van der Waals surface area contributed by atoms with E-state index in [-0.39, 0.29) is 17.9 Å². The highest BCUT2D eigenvalue weighted by Gasteiger charge is 2.28. The van der Waals surface area contributed by atoms with Crippen molar-refractivity contribution in [1.29, 1.82) is 0 Å². The molecule has 0 bridgehead atoms. The van der Waals surface area contributed by atoms with Crippen LogP contribution >= 0.6 is 0 Å². The lowest BCUT2D eigenvalue weighted by Gasteiger charge is -2.31. The van der Waals surface area contributed by atoms with Crippen molar-refractivity contribution in [3.8, 4) is 5.75 Å². The smallest absolute Gasteiger partial charge is 0.242 e. The fourth-order valence-corrected chi connectivity index (χ4v) is 3.47. The Hall–Kier alpha value is -2.82. The summed E-state index contributed by atoms with van der Waals surface area (Å²) in [6.07, 6.45) is 2.26. The molecule has 168 valence electrons. The number of ether oxygens (including phenoxy) is 1. The van der Waals surface area contributed by atoms with Gasteiger partial charge in [0, 0.05) is 19.0 Å². The first-order valence-electron chi connectivity index (χ1n) is 11.2. The van der Waals surface area contributed by atoms with Crippen molar-refractivity contribution in [1.82, 2.24) is 10.2 Å². The van der Waals surface area contributed by atoms with E-state index in [4.69, 9.17) is 4.74 Å². The SMILES string of the molecule is CC[C@@H](C(=O)NC(C)C)N(CCc1ccccc1)C(=O)CCCOc1ccc(C)cc1. The lowest BCUT2D eigenvalue weighted by Crippen LogP contribution is -2.51. The van der Waals surface area contributed by atoms with Gasteiger partial charge in [-0.05, 0) is 57.7 Å². The average molecular weight is 425 g/mol. The molecule has 0 fully saturated rings. The first-order chi connectivity index (χ1) is 14.9. The van der Waals surface area contributed by atoms with Gasteiger partial charge in [-0.25, -0.2) is 0 Å². The number of amides is 2. The van der Waals surface area contributed by atoms with Crippen molar-refractivity contribution in [2.75, 3.05) is 13.2 Å². The zero-order valence-corrected chi connectivity index (χ0v) is 19.3. The van der Waals surface area contributed by atoms with Crippen LogP contribution in [-0.2, 0) is 16.0 Å². The minimum atomic E-state index is -0.461. The molecule has 1 atom stereocenters. The van der Waals surface area contributed by atoms with Gasteiger partial charge in [-0.15, -0.1) is 0 Å². The minimum absolute atomic E-state index is 0.00538. The van der Waals surface area contributed by atoms with Crippen LogP contribution in [0.3, 0.4) is 0 Å². The fourth-order valence-electron chi connectivity index (χ4n) is 3.47. The number of carbonyl (C=O) groups is 2. The number of rotatable bonds is 12. The first-order valence-corrected chi connectivity index (χ1v) is 11.2. The van der Waals surface area contributed by atoms with Gasteiger partial charge in [0.1, 0.15) is 11.8 Å². The van der Waals surface area contributed by atoms with Gasteiger partial charge < -0.3 is 15.0 Å². The second-order valence-electron chi connectivity index (χ2n) is 8.18. The number of aryl methyl sites for hydroxylation is 1. The van der Waals surface area contributed by atoms with Crippen LogP contribution in [0.5, 0.6) is 5.75 Å². The summed E-state index contributed by atoms with van der Waals surface area (Å²) < 4.78 is 5.76. The molecule has 2 amide bonds. The van der Waals surface area contributed by atoms with E-state index in [1.165, 1.54) is 5.56 Å². The summed E-state index contributed by atoms with van der Waals surface area (Å²) in [5.41, 5.74) is 2.34. The van der Waals surface area contributed by atoms with Crippen LogP contribution in [0.15, 0.2) is 54.6 Å². The average Bonchev–Trinajstić information content (AvgIpc) is 2.75. The summed E-state index contributed by atoms with van der Waals surface area (Å²) in [4.78, 5) is 27.6. The van der Waals surface area contributed by atoms with Gasteiger partial charge >= 0.3 is 0 Å². The highest BCUT2D eigenvalue weighted by Crippen LogP contribution is 2.14. The Kier molecular flexibility index (Phi) is 10.1. The van der Waals surface area contributed by atoms with Crippen LogP contribution in [-0.4, -0.2) is 41.9 Å². The van der Waals surface area contributed by atoms with Crippen LogP contribution in [0, 0.1) is 6.92 Å². The van der Waals surface area contributed by atoms with E-state index in [1.807, 2.05) is 82.3 Å². The molecule has 2 rings (SSSR count). The molecule has 2 aromatic rings. The molecule has 0 aliphatic rings. The number of nitrogens with zero attached hydrogens (tertiary/aromatic N) is 1. The monoisotopic (exact) mass is 424 g/mol. The molecule has 0 heterocycles. The lowest BCUT2D eigenvalue weighted by molar-refractivity contribution is -0.141. The van der Waals surface area contributed by atoms with E-state index in [2.05, 4.69) is 5.32 Å². The fraction of sp³-hybridized carbons (Fsp3) is 0.462. The quantitative estimate of drug-likeness (QED) is 0.509. The Morgan fingerprint density at radius 1 is 1.03 bits per heavy atom. The maximum atomic E-state index is 13.1. The molecule has 0 aromatic heterocycles. The molecule has 0 unspecified atom stereocenters. The maximum Gasteiger partial charge on any atom is 0.242 e. The summed E-state index contributed by atoms with van der Waals surface area (Å²) in [6.45, 7) is 8.84. The van der Waals surface area contributed by atoms with Gasteiger partial charge in [0.15, 0.2) is 0 Å². The van der Waals surface area contributed by atoms with Gasteiger partial charge in [-0.2, -0.15) is 0 Å². The third kappa shape index (κ3) is 8.44. The number of hydrogen-bond acceptors (Lipinski definition) is 3. The summed E-state index contributed by atoms with van der Waals surface area (Å²) in [6, 6.07) is 17.5. The van der Waals surface area contributed by atoms with E-state index in [1.54, 1.807) is 4.90 Å². The van der Waals surface area contributed by atoms with Crippen molar-refractivity contribution in [2.45, 2.75) is 65.5 Å². The molecule has 0 saturated heterocycles. The van der Waals surface area contributed by atoms with Gasteiger partial charge in [-0.3, -0.25) is 9.59 Å². The van der Waals surface area contributed by atoms with Crippen molar-refractivity contribution in [3.05, 3.63) is 65.7 Å². The molecule has 0 aliphatic heterocycles. The van der Waals surface area contributed by atoms with Crippen LogP contribution in [0.1, 0.15) is 51.2 Å². The van der Waals surface area contributed by atoms with Crippen LogP contribution in [0.4, 0.5) is 0 Å². The Bertz CT molecular complexity index is 803. The number of carbonyl (C=O) groups excluding carboxylic acids is 2. The van der Waals surface area contributed by atoms with E-state index in [9.17, 15) is 9.59 Å². The topological polar surface area (TPSA) is 58.6 Å². The zero-order chi connectivity index (χ0) is 22.6. The Balaban J connectivity index is 1.98. The molecule has 0 aliphatic carbocycles. The second-order valence-corrected chi connectivity index (χ2v) is 8.18. The molecule has 5 nitrogen and oxygen atoms in total. The Morgan fingerprint density at radius 3 is 2.32 bits per heavy atom. The van der Waals surface area contributed by atoms with Crippen LogP contribution in [0.25, 0.3) is 0 Å². The predicted molar refractivity (Wildman–Crippen MR) is 125 cm³/mol. The maximum absolute atomic E-state index is 13.1. The largest absolute Gasteiger partial charge is 0.494 e. The summed E-state index contributed by atoms with van der Waals surface area (Å²) in [5, 5.41) is 2.96.